The van der Waals surface area contributed by atoms with Crippen molar-refractivity contribution in [3.05, 3.63) is 100 Å². The summed E-state index contributed by atoms with van der Waals surface area (Å²) in [7, 11) is 0. The number of Topliss-reactive ketones (excluding diaryl/α,β-unsaturated/α-hetero) is 1. The minimum atomic E-state index is -0.990. The van der Waals surface area contributed by atoms with E-state index < -0.39 is 41.6 Å². The van der Waals surface area contributed by atoms with Gasteiger partial charge in [0.05, 0.1) is 29.8 Å². The van der Waals surface area contributed by atoms with Crippen LogP contribution in [0.15, 0.2) is 77.9 Å². The highest BCUT2D eigenvalue weighted by molar-refractivity contribution is 6.30. The number of carbonyl (C=O) groups excluding carboxylic acids is 3. The van der Waals surface area contributed by atoms with E-state index in [2.05, 4.69) is 5.10 Å². The Balaban J connectivity index is 1.50. The third-order valence-corrected chi connectivity index (χ3v) is 7.01. The highest BCUT2D eigenvalue weighted by atomic mass is 35.5. The first kappa shape index (κ1) is 20.7. The summed E-state index contributed by atoms with van der Waals surface area (Å²) >= 11 is 5.99. The van der Waals surface area contributed by atoms with E-state index in [1.165, 1.54) is 18.2 Å². The van der Waals surface area contributed by atoms with Crippen LogP contribution in [-0.4, -0.2) is 34.9 Å². The van der Waals surface area contributed by atoms with Gasteiger partial charge in [0.2, 0.25) is 11.8 Å². The molecular weight excluding hydrogens is 457 g/mol. The number of ketones is 1. The number of hydrogen-bond acceptors (Lipinski definition) is 5. The molecule has 0 unspecified atom stereocenters. The minimum Gasteiger partial charge on any atom is -0.292 e. The Kier molecular flexibility index (Phi) is 4.64. The Morgan fingerprint density at radius 1 is 0.912 bits per heavy atom. The van der Waals surface area contributed by atoms with E-state index in [1.54, 1.807) is 35.5 Å². The molecule has 0 aliphatic carbocycles. The number of fused-ring (bicyclic) bond motifs is 5. The summed E-state index contributed by atoms with van der Waals surface area (Å²) < 4.78 is 13.9. The highest BCUT2D eigenvalue weighted by Gasteiger charge is 2.65. The van der Waals surface area contributed by atoms with Crippen molar-refractivity contribution in [1.82, 2.24) is 5.01 Å². The zero-order chi connectivity index (χ0) is 23.6. The van der Waals surface area contributed by atoms with Crippen molar-refractivity contribution >= 4 is 41.1 Å². The maximum atomic E-state index is 13.9. The highest BCUT2D eigenvalue weighted by Crippen LogP contribution is 2.53. The van der Waals surface area contributed by atoms with E-state index in [9.17, 15) is 18.8 Å². The molecule has 3 aliphatic rings. The maximum absolute atomic E-state index is 13.9. The summed E-state index contributed by atoms with van der Waals surface area (Å²) in [5, 5.41) is 6.59. The zero-order valence-corrected chi connectivity index (χ0v) is 18.4. The van der Waals surface area contributed by atoms with Gasteiger partial charge in [-0.2, -0.15) is 5.10 Å². The molecule has 3 aromatic carbocycles. The third-order valence-electron chi connectivity index (χ3n) is 6.76. The van der Waals surface area contributed by atoms with E-state index in [4.69, 9.17) is 11.6 Å². The third kappa shape index (κ3) is 2.93. The molecule has 0 radical (unpaired) electrons. The van der Waals surface area contributed by atoms with Gasteiger partial charge in [-0.15, -0.1) is 0 Å². The number of anilines is 1. The lowest BCUT2D eigenvalue weighted by Gasteiger charge is -2.33. The Bertz CT molecular complexity index is 1390. The number of benzene rings is 3. The summed E-state index contributed by atoms with van der Waals surface area (Å²) in [6.07, 6.45) is 1.65. The molecule has 0 saturated carbocycles. The molecule has 3 aliphatic heterocycles. The quantitative estimate of drug-likeness (QED) is 0.421. The van der Waals surface area contributed by atoms with Crippen LogP contribution in [0.25, 0.3) is 0 Å². The predicted octanol–water partition coefficient (Wildman–Crippen LogP) is 4.24. The summed E-state index contributed by atoms with van der Waals surface area (Å²) in [6, 6.07) is 17.7. The molecule has 4 atom stereocenters. The van der Waals surface area contributed by atoms with E-state index >= 15 is 0 Å². The number of halogens is 2. The second kappa shape index (κ2) is 7.60. The van der Waals surface area contributed by atoms with Crippen LogP contribution in [0.4, 0.5) is 10.1 Å². The molecule has 3 aromatic rings. The van der Waals surface area contributed by atoms with Crippen molar-refractivity contribution in [2.45, 2.75) is 12.1 Å². The van der Waals surface area contributed by atoms with Gasteiger partial charge in [-0.3, -0.25) is 19.4 Å². The van der Waals surface area contributed by atoms with Crippen LogP contribution in [-0.2, 0) is 9.59 Å². The second-order valence-electron chi connectivity index (χ2n) is 8.56. The normalized spacial score (nSPS) is 24.8. The van der Waals surface area contributed by atoms with E-state index in [-0.39, 0.29) is 11.5 Å². The molecule has 0 N–H and O–H groups in total. The summed E-state index contributed by atoms with van der Waals surface area (Å²) in [6.45, 7) is 0. The van der Waals surface area contributed by atoms with Crippen LogP contribution in [0, 0.1) is 17.7 Å². The average molecular weight is 474 g/mol. The van der Waals surface area contributed by atoms with Gasteiger partial charge in [0, 0.05) is 10.6 Å². The smallest absolute Gasteiger partial charge is 0.240 e. The van der Waals surface area contributed by atoms with Gasteiger partial charge in [-0.05, 0) is 53.6 Å². The fourth-order valence-corrected chi connectivity index (χ4v) is 5.45. The van der Waals surface area contributed by atoms with Crippen LogP contribution in [0.2, 0.25) is 5.02 Å². The van der Waals surface area contributed by atoms with Crippen molar-refractivity contribution in [2.75, 3.05) is 4.90 Å². The topological polar surface area (TPSA) is 70.0 Å². The predicted molar refractivity (Wildman–Crippen MR) is 124 cm³/mol. The number of imide groups is 1. The Hall–Kier alpha value is -3.84. The lowest BCUT2D eigenvalue weighted by molar-refractivity contribution is -0.124. The van der Waals surface area contributed by atoms with Gasteiger partial charge in [-0.25, -0.2) is 9.29 Å². The molecule has 2 fully saturated rings. The number of nitrogens with zero attached hydrogens (tertiary/aromatic N) is 3. The van der Waals surface area contributed by atoms with Crippen molar-refractivity contribution in [3.8, 4) is 0 Å². The Morgan fingerprint density at radius 3 is 2.41 bits per heavy atom. The zero-order valence-electron chi connectivity index (χ0n) is 17.6. The van der Waals surface area contributed by atoms with Crippen LogP contribution >= 0.6 is 11.6 Å². The van der Waals surface area contributed by atoms with Crippen molar-refractivity contribution < 1.29 is 18.8 Å². The van der Waals surface area contributed by atoms with Gasteiger partial charge in [0.15, 0.2) is 5.78 Å². The van der Waals surface area contributed by atoms with Crippen molar-refractivity contribution in [2.24, 2.45) is 16.9 Å². The molecule has 34 heavy (non-hydrogen) atoms. The molecule has 0 bridgehead atoms. The molecule has 6 nitrogen and oxygen atoms in total. The lowest BCUT2D eigenvalue weighted by Crippen LogP contribution is -2.44. The first-order chi connectivity index (χ1) is 16.5. The lowest BCUT2D eigenvalue weighted by atomic mass is 9.83. The number of hydrogen-bond donors (Lipinski definition) is 0. The molecule has 168 valence electrons. The minimum absolute atomic E-state index is 0.154. The number of amides is 2. The molecule has 8 heteroatoms. The second-order valence-corrected chi connectivity index (χ2v) is 8.99. The van der Waals surface area contributed by atoms with E-state index in [0.29, 0.717) is 10.6 Å². The first-order valence-electron chi connectivity index (χ1n) is 10.8. The first-order valence-corrected chi connectivity index (χ1v) is 11.2. The summed E-state index contributed by atoms with van der Waals surface area (Å²) in [5.41, 5.74) is 2.17. The van der Waals surface area contributed by atoms with Crippen LogP contribution in [0.3, 0.4) is 0 Å². The van der Waals surface area contributed by atoms with E-state index in [0.717, 1.165) is 22.1 Å². The standard InChI is InChI=1S/C26H17ClFN3O3/c27-16-10-8-14(9-11-16)24(32)23-21-20(22-19-7-2-1-4-15(19)13-29-31(22)23)25(33)30(26(21)34)18-6-3-5-17(28)12-18/h1-13,20-23H/t20-,21-,22+,23+/m0/s1. The van der Waals surface area contributed by atoms with Gasteiger partial charge in [0.25, 0.3) is 0 Å². The molecule has 2 amide bonds. The number of rotatable bonds is 3. The van der Waals surface area contributed by atoms with Crippen LogP contribution in [0.5, 0.6) is 0 Å². The fourth-order valence-electron chi connectivity index (χ4n) is 5.32. The number of hydrazone groups is 1. The molecule has 6 rings (SSSR count). The van der Waals surface area contributed by atoms with Gasteiger partial charge < -0.3 is 0 Å². The van der Waals surface area contributed by atoms with Gasteiger partial charge in [0.1, 0.15) is 11.9 Å². The van der Waals surface area contributed by atoms with Gasteiger partial charge in [-0.1, -0.05) is 41.9 Å². The van der Waals surface area contributed by atoms with Crippen LogP contribution in [0.1, 0.15) is 27.5 Å². The summed E-state index contributed by atoms with van der Waals surface area (Å²) in [4.78, 5) is 42.1. The van der Waals surface area contributed by atoms with Gasteiger partial charge >= 0.3 is 0 Å². The average Bonchev–Trinajstić information content (AvgIpc) is 3.31. The van der Waals surface area contributed by atoms with E-state index in [1.807, 2.05) is 24.3 Å². The van der Waals surface area contributed by atoms with Crippen molar-refractivity contribution in [3.63, 3.8) is 0 Å². The molecular formula is C26H17ClFN3O3. The van der Waals surface area contributed by atoms with Crippen molar-refractivity contribution in [1.29, 1.82) is 0 Å². The Morgan fingerprint density at radius 2 is 1.65 bits per heavy atom. The molecule has 0 spiro atoms. The number of carbonyl (C=O) groups is 3. The van der Waals surface area contributed by atoms with Crippen LogP contribution < -0.4 is 4.90 Å². The molecule has 0 aromatic heterocycles. The SMILES string of the molecule is O=C(c1ccc(Cl)cc1)[C@H]1[C@H]2C(=O)N(c3cccc(F)c3)C(=O)[C@@H]2[C@H]2c3ccccc3C=NN21. The fraction of sp³-hybridized carbons (Fsp3) is 0.154. The molecule has 3 heterocycles. The summed E-state index contributed by atoms with van der Waals surface area (Å²) in [5.74, 6) is -3.68. The monoisotopic (exact) mass is 473 g/mol. The Labute approximate surface area is 199 Å². The molecule has 2 saturated heterocycles. The largest absolute Gasteiger partial charge is 0.292 e. The maximum Gasteiger partial charge on any atom is 0.240 e.